The van der Waals surface area contributed by atoms with E-state index in [-0.39, 0.29) is 17.0 Å². The minimum absolute atomic E-state index is 0.0284. The Labute approximate surface area is 230 Å². The van der Waals surface area contributed by atoms with Crippen LogP contribution in [0, 0.1) is 19.7 Å². The molecular formula is C30H36FN3O4S. The van der Waals surface area contributed by atoms with Crippen molar-refractivity contribution in [3.8, 4) is 0 Å². The first-order valence-electron chi connectivity index (χ1n) is 12.7. The number of benzene rings is 3. The van der Waals surface area contributed by atoms with Crippen molar-refractivity contribution >= 4 is 27.5 Å². The van der Waals surface area contributed by atoms with Gasteiger partial charge in [-0.15, -0.1) is 0 Å². The summed E-state index contributed by atoms with van der Waals surface area (Å²) in [5.41, 5.74) is 1.76. The van der Waals surface area contributed by atoms with Crippen LogP contribution in [0.15, 0.2) is 77.7 Å². The second kappa shape index (κ2) is 12.0. The third kappa shape index (κ3) is 7.66. The van der Waals surface area contributed by atoms with Crippen molar-refractivity contribution in [3.63, 3.8) is 0 Å². The van der Waals surface area contributed by atoms with Gasteiger partial charge in [0, 0.05) is 17.6 Å². The number of amides is 2. The number of hydrogen-bond acceptors (Lipinski definition) is 4. The maximum Gasteiger partial charge on any atom is 0.264 e. The fourth-order valence-electron chi connectivity index (χ4n) is 3.94. The van der Waals surface area contributed by atoms with E-state index in [1.54, 1.807) is 49.4 Å². The zero-order valence-corrected chi connectivity index (χ0v) is 24.0. The zero-order chi connectivity index (χ0) is 29.0. The van der Waals surface area contributed by atoms with Gasteiger partial charge in [0.1, 0.15) is 18.4 Å². The van der Waals surface area contributed by atoms with Gasteiger partial charge in [0.2, 0.25) is 11.8 Å². The third-order valence-electron chi connectivity index (χ3n) is 6.17. The van der Waals surface area contributed by atoms with Crippen molar-refractivity contribution in [2.45, 2.75) is 64.6 Å². The van der Waals surface area contributed by atoms with E-state index in [1.165, 1.54) is 35.2 Å². The van der Waals surface area contributed by atoms with Gasteiger partial charge in [-0.25, -0.2) is 12.8 Å². The fourth-order valence-corrected chi connectivity index (χ4v) is 5.36. The molecule has 3 aromatic carbocycles. The monoisotopic (exact) mass is 553 g/mol. The van der Waals surface area contributed by atoms with Crippen LogP contribution in [0.4, 0.5) is 10.1 Å². The molecule has 0 radical (unpaired) electrons. The van der Waals surface area contributed by atoms with E-state index in [9.17, 15) is 22.4 Å². The normalized spacial score (nSPS) is 12.5. The molecule has 0 aliphatic carbocycles. The molecule has 0 spiro atoms. The lowest BCUT2D eigenvalue weighted by Gasteiger charge is -2.33. The molecule has 0 bridgehead atoms. The maximum absolute atomic E-state index is 14.6. The highest BCUT2D eigenvalue weighted by Crippen LogP contribution is 2.25. The Hall–Kier alpha value is -3.72. The van der Waals surface area contributed by atoms with Crippen molar-refractivity contribution in [1.82, 2.24) is 10.2 Å². The minimum atomic E-state index is -4.16. The first kappa shape index (κ1) is 29.8. The predicted molar refractivity (Wildman–Crippen MR) is 151 cm³/mol. The quantitative estimate of drug-likeness (QED) is 0.405. The summed E-state index contributed by atoms with van der Waals surface area (Å²) in [4.78, 5) is 28.2. The summed E-state index contributed by atoms with van der Waals surface area (Å²) >= 11 is 0. The molecule has 0 saturated heterocycles. The van der Waals surface area contributed by atoms with Crippen molar-refractivity contribution in [2.24, 2.45) is 0 Å². The van der Waals surface area contributed by atoms with E-state index in [0.29, 0.717) is 5.69 Å². The van der Waals surface area contributed by atoms with E-state index < -0.39 is 45.8 Å². The summed E-state index contributed by atoms with van der Waals surface area (Å²) in [6.45, 7) is 9.92. The van der Waals surface area contributed by atoms with Crippen molar-refractivity contribution in [3.05, 3.63) is 95.3 Å². The third-order valence-corrected chi connectivity index (χ3v) is 7.96. The minimum Gasteiger partial charge on any atom is -0.350 e. The summed E-state index contributed by atoms with van der Waals surface area (Å²) in [6, 6.07) is 18.1. The standard InChI is InChI=1S/C30H36FN3O4S/c1-21-11-15-25(16-12-21)34(39(37,38)26-17-13-22(2)14-18-26)20-28(35)33(19-24-9-7-8-10-27(24)31)23(3)29(36)32-30(4,5)6/h7-18,23H,19-20H2,1-6H3,(H,32,36). The molecule has 0 heterocycles. The Kier molecular flexibility index (Phi) is 9.17. The first-order valence-corrected chi connectivity index (χ1v) is 14.1. The number of rotatable bonds is 9. The van der Waals surface area contributed by atoms with Crippen LogP contribution < -0.4 is 9.62 Å². The average molecular weight is 554 g/mol. The van der Waals surface area contributed by atoms with E-state index in [2.05, 4.69) is 5.32 Å². The number of carbonyl (C=O) groups is 2. The lowest BCUT2D eigenvalue weighted by atomic mass is 10.1. The van der Waals surface area contributed by atoms with E-state index in [0.717, 1.165) is 15.4 Å². The predicted octanol–water partition coefficient (Wildman–Crippen LogP) is 4.97. The Balaban J connectivity index is 2.04. The molecule has 0 fully saturated rings. The number of anilines is 1. The molecule has 1 unspecified atom stereocenters. The molecule has 3 rings (SSSR count). The largest absolute Gasteiger partial charge is 0.350 e. The summed E-state index contributed by atoms with van der Waals surface area (Å²) in [6.07, 6.45) is 0. The molecule has 9 heteroatoms. The van der Waals surface area contributed by atoms with Gasteiger partial charge in [-0.3, -0.25) is 13.9 Å². The van der Waals surface area contributed by atoms with Crippen LogP contribution in [0.25, 0.3) is 0 Å². The summed E-state index contributed by atoms with van der Waals surface area (Å²) in [5.74, 6) is -1.61. The van der Waals surface area contributed by atoms with Crippen LogP contribution in [0.2, 0.25) is 0 Å². The Morgan fingerprint density at radius 2 is 1.44 bits per heavy atom. The second-order valence-electron chi connectivity index (χ2n) is 10.7. The highest BCUT2D eigenvalue weighted by molar-refractivity contribution is 7.92. The average Bonchev–Trinajstić information content (AvgIpc) is 2.86. The second-order valence-corrected chi connectivity index (χ2v) is 12.6. The summed E-state index contributed by atoms with van der Waals surface area (Å²) in [7, 11) is -4.16. The van der Waals surface area contributed by atoms with Crippen molar-refractivity contribution in [2.75, 3.05) is 10.8 Å². The number of halogens is 1. The number of aryl methyl sites for hydroxylation is 2. The molecule has 2 amide bonds. The van der Waals surface area contributed by atoms with Gasteiger partial charge in [0.25, 0.3) is 10.0 Å². The number of nitrogens with one attached hydrogen (secondary N) is 1. The molecule has 1 N–H and O–H groups in total. The Morgan fingerprint density at radius 3 is 1.97 bits per heavy atom. The van der Waals surface area contributed by atoms with Gasteiger partial charge in [-0.05, 0) is 71.9 Å². The lowest BCUT2D eigenvalue weighted by Crippen LogP contribution is -2.54. The van der Waals surface area contributed by atoms with Crippen LogP contribution in [-0.2, 0) is 26.2 Å². The number of hydrogen-bond donors (Lipinski definition) is 1. The van der Waals surface area contributed by atoms with Crippen LogP contribution in [0.1, 0.15) is 44.4 Å². The molecule has 0 aliphatic rings. The van der Waals surface area contributed by atoms with E-state index in [4.69, 9.17) is 0 Å². The smallest absolute Gasteiger partial charge is 0.264 e. The Morgan fingerprint density at radius 1 is 0.897 bits per heavy atom. The van der Waals surface area contributed by atoms with Crippen LogP contribution in [0.3, 0.4) is 0 Å². The molecule has 3 aromatic rings. The van der Waals surface area contributed by atoms with Gasteiger partial charge >= 0.3 is 0 Å². The van der Waals surface area contributed by atoms with Gasteiger partial charge in [-0.2, -0.15) is 0 Å². The highest BCUT2D eigenvalue weighted by atomic mass is 32.2. The maximum atomic E-state index is 14.6. The first-order chi connectivity index (χ1) is 18.2. The fraction of sp³-hybridized carbons (Fsp3) is 0.333. The van der Waals surface area contributed by atoms with Gasteiger partial charge in [0.15, 0.2) is 0 Å². The van der Waals surface area contributed by atoms with Crippen LogP contribution >= 0.6 is 0 Å². The van der Waals surface area contributed by atoms with Gasteiger partial charge < -0.3 is 10.2 Å². The number of nitrogens with zero attached hydrogens (tertiary/aromatic N) is 2. The van der Waals surface area contributed by atoms with Gasteiger partial charge in [0.05, 0.1) is 10.6 Å². The molecule has 7 nitrogen and oxygen atoms in total. The topological polar surface area (TPSA) is 86.8 Å². The van der Waals surface area contributed by atoms with Crippen LogP contribution in [0.5, 0.6) is 0 Å². The molecule has 0 saturated carbocycles. The van der Waals surface area contributed by atoms with Gasteiger partial charge in [-0.1, -0.05) is 53.6 Å². The molecule has 0 aromatic heterocycles. The molecular weight excluding hydrogens is 517 g/mol. The van der Waals surface area contributed by atoms with Crippen LogP contribution in [-0.4, -0.2) is 43.3 Å². The van der Waals surface area contributed by atoms with E-state index in [1.807, 2.05) is 34.6 Å². The Bertz CT molecular complexity index is 1420. The molecule has 208 valence electrons. The summed E-state index contributed by atoms with van der Waals surface area (Å²) < 4.78 is 43.3. The highest BCUT2D eigenvalue weighted by Gasteiger charge is 2.33. The molecule has 0 aliphatic heterocycles. The lowest BCUT2D eigenvalue weighted by molar-refractivity contribution is -0.140. The molecule has 1 atom stereocenters. The van der Waals surface area contributed by atoms with Crippen molar-refractivity contribution in [1.29, 1.82) is 0 Å². The molecule has 39 heavy (non-hydrogen) atoms. The van der Waals surface area contributed by atoms with Crippen molar-refractivity contribution < 1.29 is 22.4 Å². The number of sulfonamides is 1. The number of carbonyl (C=O) groups excluding carboxylic acids is 2. The summed E-state index contributed by atoms with van der Waals surface area (Å²) in [5, 5.41) is 2.85. The SMILES string of the molecule is Cc1ccc(N(CC(=O)N(Cc2ccccc2F)C(C)C(=O)NC(C)(C)C)S(=O)(=O)c2ccc(C)cc2)cc1. The zero-order valence-electron chi connectivity index (χ0n) is 23.2. The van der Waals surface area contributed by atoms with E-state index >= 15 is 0 Å².